The molecule has 0 unspecified atom stereocenters. The molecule has 0 N–H and O–H groups in total. The molecule has 0 aliphatic heterocycles. The standard InChI is InChI=1S/C8H6F3O.BrH.Mg/c1-6-4-2-3-5-7(6)12-8(9,10)11;;/h2-5H,1H2;1H;/q-1;;+2/p-1. The van der Waals surface area contributed by atoms with Gasteiger partial charge < -0.3 is 21.7 Å². The Morgan fingerprint density at radius 2 is 1.64 bits per heavy atom. The van der Waals surface area contributed by atoms with E-state index in [0.717, 1.165) is 0 Å². The number of rotatable bonds is 1. The van der Waals surface area contributed by atoms with Crippen molar-refractivity contribution in [2.75, 3.05) is 0 Å². The van der Waals surface area contributed by atoms with Crippen molar-refractivity contribution >= 4 is 23.1 Å². The van der Waals surface area contributed by atoms with Gasteiger partial charge in [-0.15, -0.1) is 19.2 Å². The largest absolute Gasteiger partial charge is 2.00 e. The van der Waals surface area contributed by atoms with E-state index >= 15 is 0 Å². The quantitative estimate of drug-likeness (QED) is 0.492. The molecule has 1 aromatic carbocycles. The molecule has 0 saturated heterocycles. The predicted molar refractivity (Wildman–Crippen MR) is 43.3 cm³/mol. The Hall–Kier alpha value is -0.0738. The number of para-hydroxylation sites is 1. The summed E-state index contributed by atoms with van der Waals surface area (Å²) >= 11 is 0. The first-order chi connectivity index (χ1) is 5.49. The van der Waals surface area contributed by atoms with E-state index in [1.54, 1.807) is 6.07 Å². The maximum absolute atomic E-state index is 11.7. The van der Waals surface area contributed by atoms with Crippen LogP contribution >= 0.6 is 0 Å². The molecule has 0 bridgehead atoms. The van der Waals surface area contributed by atoms with Crippen molar-refractivity contribution < 1.29 is 34.9 Å². The predicted octanol–water partition coefficient (Wildman–Crippen LogP) is -0.609. The van der Waals surface area contributed by atoms with Crippen molar-refractivity contribution in [3.05, 3.63) is 36.8 Å². The van der Waals surface area contributed by atoms with E-state index in [4.69, 9.17) is 0 Å². The van der Waals surface area contributed by atoms with Gasteiger partial charge in [-0.3, -0.25) is 0 Å². The van der Waals surface area contributed by atoms with Crippen LogP contribution in [0.15, 0.2) is 24.3 Å². The van der Waals surface area contributed by atoms with Crippen LogP contribution in [0.25, 0.3) is 0 Å². The van der Waals surface area contributed by atoms with Crippen LogP contribution in [0, 0.1) is 6.92 Å². The summed E-state index contributed by atoms with van der Waals surface area (Å²) in [5.74, 6) is -0.259. The molecule has 6 heteroatoms. The van der Waals surface area contributed by atoms with Gasteiger partial charge in [-0.1, -0.05) is 12.1 Å². The zero-order valence-electron chi connectivity index (χ0n) is 7.14. The number of ether oxygens (including phenoxy) is 1. The second kappa shape index (κ2) is 6.42. The van der Waals surface area contributed by atoms with Gasteiger partial charge in [-0.05, 0) is 0 Å². The van der Waals surface area contributed by atoms with Crippen LogP contribution in [0.1, 0.15) is 5.56 Å². The number of benzene rings is 1. The van der Waals surface area contributed by atoms with Crippen LogP contribution < -0.4 is 21.7 Å². The van der Waals surface area contributed by atoms with Gasteiger partial charge in [0.1, 0.15) is 0 Å². The second-order valence-electron chi connectivity index (χ2n) is 2.16. The molecule has 0 aliphatic rings. The van der Waals surface area contributed by atoms with E-state index in [-0.39, 0.29) is 51.3 Å². The minimum atomic E-state index is -4.65. The van der Waals surface area contributed by atoms with Crippen molar-refractivity contribution in [1.82, 2.24) is 0 Å². The van der Waals surface area contributed by atoms with Gasteiger partial charge in [0.15, 0.2) is 0 Å². The molecule has 0 aromatic heterocycles. The molecular weight excluding hydrogens is 273 g/mol. The summed E-state index contributed by atoms with van der Waals surface area (Å²) in [6.07, 6.45) is -4.65. The molecule has 0 radical (unpaired) electrons. The second-order valence-corrected chi connectivity index (χ2v) is 2.16. The normalized spacial score (nSPS) is 9.64. The first-order valence-corrected chi connectivity index (χ1v) is 3.16. The summed E-state index contributed by atoms with van der Waals surface area (Å²) in [6.45, 7) is 3.38. The Kier molecular flexibility index (Phi) is 7.50. The van der Waals surface area contributed by atoms with Gasteiger partial charge in [-0.25, -0.2) is 0 Å². The molecule has 1 aromatic rings. The SMILES string of the molecule is [Br-].[CH2-]c1ccccc1OC(F)(F)F.[Mg+2]. The monoisotopic (exact) mass is 278 g/mol. The fourth-order valence-electron chi connectivity index (χ4n) is 0.728. The van der Waals surface area contributed by atoms with E-state index < -0.39 is 6.36 Å². The Morgan fingerprint density at radius 3 is 2.07 bits per heavy atom. The summed E-state index contributed by atoms with van der Waals surface area (Å²) in [5, 5.41) is 0. The molecule has 0 aliphatic carbocycles. The van der Waals surface area contributed by atoms with E-state index in [9.17, 15) is 13.2 Å². The molecule has 0 saturated carbocycles. The van der Waals surface area contributed by atoms with Gasteiger partial charge in [0.2, 0.25) is 0 Å². The smallest absolute Gasteiger partial charge is 1.00 e. The molecule has 74 valence electrons. The van der Waals surface area contributed by atoms with Crippen molar-refractivity contribution in [3.8, 4) is 5.75 Å². The molecule has 0 amide bonds. The van der Waals surface area contributed by atoms with Crippen LogP contribution in [-0.4, -0.2) is 29.4 Å². The number of alkyl halides is 3. The molecule has 1 nitrogen and oxygen atoms in total. The van der Waals surface area contributed by atoms with Crippen LogP contribution in [0.4, 0.5) is 13.2 Å². The van der Waals surface area contributed by atoms with Crippen molar-refractivity contribution in [2.45, 2.75) is 6.36 Å². The van der Waals surface area contributed by atoms with E-state index in [1.807, 2.05) is 0 Å². The Balaban J connectivity index is 0. The van der Waals surface area contributed by atoms with Crippen molar-refractivity contribution in [2.24, 2.45) is 0 Å². The fourth-order valence-corrected chi connectivity index (χ4v) is 0.728. The molecule has 0 atom stereocenters. The van der Waals surface area contributed by atoms with E-state index in [0.29, 0.717) is 0 Å². The average Bonchev–Trinajstić information content (AvgIpc) is 1.91. The van der Waals surface area contributed by atoms with Gasteiger partial charge in [0, 0.05) is 5.75 Å². The minimum Gasteiger partial charge on any atom is -1.00 e. The summed E-state index contributed by atoms with van der Waals surface area (Å²) < 4.78 is 38.7. The third-order valence-electron chi connectivity index (χ3n) is 1.20. The van der Waals surface area contributed by atoms with E-state index in [2.05, 4.69) is 11.7 Å². The third kappa shape index (κ3) is 5.61. The van der Waals surface area contributed by atoms with E-state index in [1.165, 1.54) is 18.2 Å². The first-order valence-electron chi connectivity index (χ1n) is 3.16. The molecule has 14 heavy (non-hydrogen) atoms. The molecule has 0 spiro atoms. The van der Waals surface area contributed by atoms with Crippen LogP contribution in [0.2, 0.25) is 0 Å². The maximum atomic E-state index is 11.7. The summed E-state index contributed by atoms with van der Waals surface area (Å²) in [5.41, 5.74) is 0.217. The Bertz CT molecular complexity index is 278. The number of hydrogen-bond acceptors (Lipinski definition) is 1. The van der Waals surface area contributed by atoms with Crippen LogP contribution in [0.3, 0.4) is 0 Å². The van der Waals surface area contributed by atoms with Gasteiger partial charge in [0.05, 0.1) is 0 Å². The first kappa shape index (κ1) is 16.4. The summed E-state index contributed by atoms with van der Waals surface area (Å²) in [6, 6.07) is 5.71. The fraction of sp³-hybridized carbons (Fsp3) is 0.125. The molecular formula is C8H6BrF3MgO. The molecule has 0 heterocycles. The number of halogens is 4. The van der Waals surface area contributed by atoms with Crippen LogP contribution in [0.5, 0.6) is 5.75 Å². The summed E-state index contributed by atoms with van der Waals surface area (Å²) in [4.78, 5) is 0. The molecule has 0 fully saturated rings. The zero-order chi connectivity index (χ0) is 9.19. The van der Waals surface area contributed by atoms with Crippen molar-refractivity contribution in [3.63, 3.8) is 0 Å². The topological polar surface area (TPSA) is 9.23 Å². The zero-order valence-corrected chi connectivity index (χ0v) is 10.1. The number of hydrogen-bond donors (Lipinski definition) is 0. The summed E-state index contributed by atoms with van der Waals surface area (Å²) in [7, 11) is 0. The molecule has 1 rings (SSSR count). The minimum absolute atomic E-state index is 0. The van der Waals surface area contributed by atoms with Gasteiger partial charge >= 0.3 is 29.4 Å². The van der Waals surface area contributed by atoms with Crippen molar-refractivity contribution in [1.29, 1.82) is 0 Å². The third-order valence-corrected chi connectivity index (χ3v) is 1.20. The Morgan fingerprint density at radius 1 is 1.14 bits per heavy atom. The van der Waals surface area contributed by atoms with Crippen LogP contribution in [-0.2, 0) is 0 Å². The Labute approximate surface area is 107 Å². The maximum Gasteiger partial charge on any atom is 2.00 e. The van der Waals surface area contributed by atoms with Gasteiger partial charge in [-0.2, -0.15) is 18.6 Å². The van der Waals surface area contributed by atoms with Gasteiger partial charge in [0.25, 0.3) is 0 Å². The average molecular weight is 279 g/mol.